The van der Waals surface area contributed by atoms with E-state index in [1.807, 2.05) is 50.7 Å². The summed E-state index contributed by atoms with van der Waals surface area (Å²) in [5.41, 5.74) is -3.45. The molecule has 384 valence electrons. The largest absolute Gasteiger partial charge is 0.459 e. The number of amides is 1. The van der Waals surface area contributed by atoms with E-state index in [1.165, 1.54) is 13.8 Å². The molecule has 67 heavy (non-hydrogen) atoms. The topological polar surface area (TPSA) is 181 Å². The number of carbonyl (C=O) groups excluding carboxylic acids is 2. The summed E-state index contributed by atoms with van der Waals surface area (Å²) in [6, 6.07) is -0.907. The van der Waals surface area contributed by atoms with Gasteiger partial charge in [0.25, 0.3) is 0 Å². The Morgan fingerprint density at radius 1 is 0.836 bits per heavy atom. The van der Waals surface area contributed by atoms with Crippen LogP contribution in [0.1, 0.15) is 139 Å². The van der Waals surface area contributed by atoms with Gasteiger partial charge in [0.1, 0.15) is 23.9 Å². The number of aliphatic hydroxyl groups is 5. The average Bonchev–Trinajstić information content (AvgIpc) is 3.27. The van der Waals surface area contributed by atoms with Crippen LogP contribution in [0.25, 0.3) is 0 Å². The number of ether oxygens (including phenoxy) is 3. The van der Waals surface area contributed by atoms with Gasteiger partial charge in [0.05, 0.1) is 29.8 Å². The molecule has 1 amide bonds. The van der Waals surface area contributed by atoms with Crippen molar-refractivity contribution >= 4 is 11.9 Å². The number of nitrogens with zero attached hydrogens (tertiary/aromatic N) is 2. The summed E-state index contributed by atoms with van der Waals surface area (Å²) >= 11 is 0. The van der Waals surface area contributed by atoms with Crippen molar-refractivity contribution in [2.24, 2.45) is 17.8 Å². The smallest absolute Gasteiger partial charge is 0.311 e. The first-order valence-corrected chi connectivity index (χ1v) is 25.3. The molecule has 0 radical (unpaired) electrons. The Bertz CT molecular complexity index is 1590. The van der Waals surface area contributed by atoms with Gasteiger partial charge in [0.2, 0.25) is 5.91 Å². The third-order valence-electron chi connectivity index (χ3n) is 13.4. The number of allylic oxidation sites excluding steroid dienone is 12. The van der Waals surface area contributed by atoms with Gasteiger partial charge < -0.3 is 50.0 Å². The highest BCUT2D eigenvalue weighted by Gasteiger charge is 2.50. The lowest BCUT2D eigenvalue weighted by Crippen LogP contribution is -2.59. The SMILES string of the molecule is CCC=CCC=CCC=CCC=CCC=CCC=CCCC(=O)NCCCN1C[C@H](C)C[C@@](C)(O)[C@H](O[C@H]2O[C@H](C)C[C@H](N(C)C)[C@H]2O)[C@@H](C)[C@H](O)[C@@H](C)C(=O)O[C@H](CC)[C@@](C)(O)[C@H](O)[C@H]1C. The molecule has 0 aromatic carbocycles. The van der Waals surface area contributed by atoms with E-state index in [4.69, 9.17) is 14.2 Å². The van der Waals surface area contributed by atoms with Crippen LogP contribution < -0.4 is 5.32 Å². The van der Waals surface area contributed by atoms with Gasteiger partial charge in [-0.25, -0.2) is 0 Å². The fourth-order valence-electron chi connectivity index (χ4n) is 9.35. The first kappa shape index (κ1) is 60.1. The average molecular weight is 944 g/mol. The number of esters is 1. The van der Waals surface area contributed by atoms with Crippen molar-refractivity contribution in [1.29, 1.82) is 0 Å². The monoisotopic (exact) mass is 944 g/mol. The highest BCUT2D eigenvalue weighted by Crippen LogP contribution is 2.37. The van der Waals surface area contributed by atoms with Crippen molar-refractivity contribution in [2.45, 2.75) is 206 Å². The predicted octanol–water partition coefficient (Wildman–Crippen LogP) is 7.33. The molecular formula is C54H93N3O10. The van der Waals surface area contributed by atoms with E-state index in [0.717, 1.165) is 38.5 Å². The third-order valence-corrected chi connectivity index (χ3v) is 13.4. The maximum Gasteiger partial charge on any atom is 0.311 e. The number of nitrogens with one attached hydrogen (secondary N) is 1. The maximum atomic E-state index is 13.7. The molecule has 2 aliphatic rings. The second kappa shape index (κ2) is 31.3. The molecule has 0 bridgehead atoms. The van der Waals surface area contributed by atoms with Gasteiger partial charge >= 0.3 is 5.97 Å². The number of aliphatic hydroxyl groups excluding tert-OH is 3. The molecule has 0 aromatic heterocycles. The molecule has 13 nitrogen and oxygen atoms in total. The number of rotatable bonds is 22. The lowest BCUT2D eigenvalue weighted by molar-refractivity contribution is -0.299. The summed E-state index contributed by atoms with van der Waals surface area (Å²) in [6.07, 6.45) is 26.7. The summed E-state index contributed by atoms with van der Waals surface area (Å²) in [5.74, 6) is -2.97. The molecule has 13 heteroatoms. The number of hydrogen-bond donors (Lipinski definition) is 6. The maximum absolute atomic E-state index is 13.7. The van der Waals surface area contributed by atoms with Gasteiger partial charge in [-0.2, -0.15) is 0 Å². The highest BCUT2D eigenvalue weighted by atomic mass is 16.7. The minimum absolute atomic E-state index is 0.0560. The Morgan fingerprint density at radius 2 is 1.37 bits per heavy atom. The zero-order valence-electron chi connectivity index (χ0n) is 43.1. The molecular weight excluding hydrogens is 851 g/mol. The molecule has 2 heterocycles. The highest BCUT2D eigenvalue weighted by molar-refractivity contribution is 5.76. The predicted molar refractivity (Wildman–Crippen MR) is 269 cm³/mol. The van der Waals surface area contributed by atoms with Crippen LogP contribution >= 0.6 is 0 Å². The van der Waals surface area contributed by atoms with Crippen LogP contribution in [0.15, 0.2) is 72.9 Å². The summed E-state index contributed by atoms with van der Waals surface area (Å²) in [7, 11) is 3.75. The first-order valence-electron chi connectivity index (χ1n) is 25.3. The normalized spacial score (nSPS) is 34.9. The van der Waals surface area contributed by atoms with Crippen molar-refractivity contribution in [1.82, 2.24) is 15.1 Å². The van der Waals surface area contributed by atoms with Crippen LogP contribution in [0.2, 0.25) is 0 Å². The molecule has 2 aliphatic heterocycles. The third kappa shape index (κ3) is 20.9. The summed E-state index contributed by atoms with van der Waals surface area (Å²) < 4.78 is 18.5. The second-order valence-electron chi connectivity index (χ2n) is 19.8. The Morgan fingerprint density at radius 3 is 1.90 bits per heavy atom. The van der Waals surface area contributed by atoms with E-state index < -0.39 is 71.9 Å². The molecule has 0 aliphatic carbocycles. The summed E-state index contributed by atoms with van der Waals surface area (Å²) in [6.45, 7) is 17.1. The molecule has 0 spiro atoms. The van der Waals surface area contributed by atoms with Crippen molar-refractivity contribution in [3.63, 3.8) is 0 Å². The standard InChI is InChI=1S/C54H93N3O10/c1-12-14-15-16-17-18-19-20-21-22-23-24-25-26-27-28-29-30-31-33-46(58)55-34-32-35-57-38-39(3)37-53(8,63)50(67-52-48(60)44(56(10)11)36-40(4)65-52)41(5)47(59)42(6)51(62)66-45(13-2)54(9,64)49(61)43(57)7/h14-15,17-18,20-21,23-24,26-27,29-30,39-45,47-50,52,59-61,63-64H,12-13,16,19,22,25,28,31-38H2,1-11H3,(H,55,58)/t39-,40-,41+,42-,43-,44+,45-,47+,48-,49-,50-,52-,53-,54-/m1/s1. The first-order chi connectivity index (χ1) is 31.7. The molecule has 14 atom stereocenters. The summed E-state index contributed by atoms with van der Waals surface area (Å²) in [4.78, 5) is 30.4. The van der Waals surface area contributed by atoms with Gasteiger partial charge in [-0.15, -0.1) is 0 Å². The zero-order valence-corrected chi connectivity index (χ0v) is 43.1. The van der Waals surface area contributed by atoms with Gasteiger partial charge in [0.15, 0.2) is 6.29 Å². The Labute approximate surface area is 405 Å². The number of likely N-dealkylation sites (N-methyl/N-ethyl adjacent to an activating group) is 1. The Hall–Kier alpha value is -2.98. The van der Waals surface area contributed by atoms with Crippen LogP contribution in [-0.2, 0) is 23.8 Å². The fraction of sp³-hybridized carbons (Fsp3) is 0.741. The van der Waals surface area contributed by atoms with Gasteiger partial charge in [-0.05, 0) is 125 Å². The molecule has 0 aromatic rings. The van der Waals surface area contributed by atoms with Crippen LogP contribution in [-0.4, -0.2) is 147 Å². The number of hydrogen-bond acceptors (Lipinski definition) is 12. The Balaban J connectivity index is 2.07. The number of cyclic esters (lactones) is 1. The molecule has 0 saturated carbocycles. The van der Waals surface area contributed by atoms with Crippen LogP contribution in [0, 0.1) is 17.8 Å². The molecule has 2 fully saturated rings. The minimum Gasteiger partial charge on any atom is -0.459 e. The quantitative estimate of drug-likeness (QED) is 0.0362. The van der Waals surface area contributed by atoms with Gasteiger partial charge in [-0.3, -0.25) is 14.5 Å². The molecule has 2 rings (SSSR count). The van der Waals surface area contributed by atoms with E-state index in [2.05, 4.69) is 79.1 Å². The van der Waals surface area contributed by atoms with Crippen molar-refractivity contribution in [3.05, 3.63) is 72.9 Å². The zero-order chi connectivity index (χ0) is 50.2. The fourth-order valence-corrected chi connectivity index (χ4v) is 9.35. The minimum atomic E-state index is -1.86. The van der Waals surface area contributed by atoms with Crippen molar-refractivity contribution in [2.75, 3.05) is 33.7 Å². The van der Waals surface area contributed by atoms with Crippen LogP contribution in [0.4, 0.5) is 0 Å². The van der Waals surface area contributed by atoms with Crippen LogP contribution in [0.5, 0.6) is 0 Å². The number of carbonyl (C=O) groups is 2. The van der Waals surface area contributed by atoms with E-state index in [-0.39, 0.29) is 36.8 Å². The molecule has 6 N–H and O–H groups in total. The van der Waals surface area contributed by atoms with Gasteiger partial charge in [-0.1, -0.05) is 101 Å². The van der Waals surface area contributed by atoms with E-state index in [9.17, 15) is 35.1 Å². The molecule has 2 saturated heterocycles. The van der Waals surface area contributed by atoms with E-state index >= 15 is 0 Å². The summed E-state index contributed by atoms with van der Waals surface area (Å²) in [5, 5.41) is 62.2. The van der Waals surface area contributed by atoms with Crippen LogP contribution in [0.3, 0.4) is 0 Å². The van der Waals surface area contributed by atoms with Gasteiger partial charge in [0, 0.05) is 44.1 Å². The second-order valence-corrected chi connectivity index (χ2v) is 19.8. The van der Waals surface area contributed by atoms with E-state index in [1.54, 1.807) is 20.8 Å². The molecule has 0 unspecified atom stereocenters. The Kier molecular flexibility index (Phi) is 28.1. The van der Waals surface area contributed by atoms with E-state index in [0.29, 0.717) is 45.3 Å². The van der Waals surface area contributed by atoms with Crippen molar-refractivity contribution < 1.29 is 49.3 Å². The lowest BCUT2D eigenvalue weighted by Gasteiger charge is -2.46. The lowest BCUT2D eigenvalue weighted by atomic mass is 9.78. The van der Waals surface area contributed by atoms with Crippen molar-refractivity contribution in [3.8, 4) is 0 Å².